The van der Waals surface area contributed by atoms with Gasteiger partial charge in [0.05, 0.1) is 20.3 Å². The molecule has 0 saturated heterocycles. The van der Waals surface area contributed by atoms with E-state index in [2.05, 4.69) is 31.4 Å². The van der Waals surface area contributed by atoms with Crippen LogP contribution < -0.4 is 34.3 Å². The lowest BCUT2D eigenvalue weighted by molar-refractivity contribution is 0.0866. The fourth-order valence-electron chi connectivity index (χ4n) is 3.65. The van der Waals surface area contributed by atoms with Gasteiger partial charge in [0.15, 0.2) is 23.0 Å². The van der Waals surface area contributed by atoms with Crippen molar-refractivity contribution in [2.45, 2.75) is 44.9 Å². The number of para-hydroxylation sites is 2. The summed E-state index contributed by atoms with van der Waals surface area (Å²) >= 11 is 0. The maximum atomic E-state index is 10.5. The number of nitrogens with one attached hydrogen (secondary N) is 2. The molecule has 1 heterocycles. The standard InChI is InChI=1S/C26H38N2O6/c1-26(2,3)28-15-19(29)14-18-8-6-11-23-24(18)34-20(17-33-23)16-27-12-13-32-25-21(30-4)9-7-10-22(25)31-5/h6-11,19-20,27-29H,12-17H2,1-5H3. The minimum Gasteiger partial charge on any atom is -0.493 e. The van der Waals surface area contributed by atoms with Crippen LogP contribution in [0.5, 0.6) is 28.7 Å². The Morgan fingerprint density at radius 2 is 1.79 bits per heavy atom. The van der Waals surface area contributed by atoms with Crippen molar-refractivity contribution in [1.29, 1.82) is 0 Å². The smallest absolute Gasteiger partial charge is 0.203 e. The van der Waals surface area contributed by atoms with Crippen molar-refractivity contribution >= 4 is 0 Å². The molecule has 0 fully saturated rings. The highest BCUT2D eigenvalue weighted by molar-refractivity contribution is 5.51. The van der Waals surface area contributed by atoms with Crippen LogP contribution in [0.2, 0.25) is 0 Å². The second kappa shape index (κ2) is 12.1. The lowest BCUT2D eigenvalue weighted by atomic mass is 10.0. The number of methoxy groups -OCH3 is 2. The zero-order valence-corrected chi connectivity index (χ0v) is 20.8. The quantitative estimate of drug-likeness (QED) is 0.405. The molecule has 0 aromatic heterocycles. The van der Waals surface area contributed by atoms with Gasteiger partial charge in [-0.25, -0.2) is 0 Å². The first-order valence-corrected chi connectivity index (χ1v) is 11.7. The third-order valence-corrected chi connectivity index (χ3v) is 5.37. The molecule has 8 nitrogen and oxygen atoms in total. The Hall–Kier alpha value is -2.68. The van der Waals surface area contributed by atoms with E-state index in [-0.39, 0.29) is 11.6 Å². The Morgan fingerprint density at radius 1 is 1.09 bits per heavy atom. The molecular formula is C26H38N2O6. The summed E-state index contributed by atoms with van der Waals surface area (Å²) < 4.78 is 28.8. The third-order valence-electron chi connectivity index (χ3n) is 5.37. The van der Waals surface area contributed by atoms with E-state index in [0.717, 1.165) is 11.3 Å². The van der Waals surface area contributed by atoms with Gasteiger partial charge < -0.3 is 39.4 Å². The molecule has 0 bridgehead atoms. The topological polar surface area (TPSA) is 90.4 Å². The Morgan fingerprint density at radius 3 is 2.47 bits per heavy atom. The molecule has 2 aromatic carbocycles. The number of β-amino-alcohol motifs (C(OH)–C–C–N with tert-alkyl or cyclic N) is 1. The van der Waals surface area contributed by atoms with Gasteiger partial charge in [-0.15, -0.1) is 0 Å². The first-order chi connectivity index (χ1) is 16.3. The normalized spacial score (nSPS) is 16.1. The summed E-state index contributed by atoms with van der Waals surface area (Å²) in [6, 6.07) is 11.3. The van der Waals surface area contributed by atoms with Crippen LogP contribution >= 0.6 is 0 Å². The third kappa shape index (κ3) is 7.41. The van der Waals surface area contributed by atoms with E-state index in [1.165, 1.54) is 0 Å². The van der Waals surface area contributed by atoms with Gasteiger partial charge in [0.2, 0.25) is 5.75 Å². The molecular weight excluding hydrogens is 436 g/mol. The first kappa shape index (κ1) is 25.9. The van der Waals surface area contributed by atoms with E-state index in [9.17, 15) is 5.11 Å². The first-order valence-electron chi connectivity index (χ1n) is 11.7. The SMILES string of the molecule is COc1cccc(OC)c1OCCNCC1COc2cccc(CC(O)CNC(C)(C)C)c2O1. The Labute approximate surface area is 202 Å². The van der Waals surface area contributed by atoms with Crippen molar-refractivity contribution in [2.24, 2.45) is 0 Å². The molecule has 0 saturated carbocycles. The van der Waals surface area contributed by atoms with Crippen LogP contribution in [0.4, 0.5) is 0 Å². The molecule has 8 heteroatoms. The molecule has 3 rings (SSSR count). The number of rotatable bonds is 12. The van der Waals surface area contributed by atoms with Gasteiger partial charge in [-0.1, -0.05) is 18.2 Å². The van der Waals surface area contributed by atoms with Crippen LogP contribution in [-0.2, 0) is 6.42 Å². The minimum atomic E-state index is -0.517. The largest absolute Gasteiger partial charge is 0.493 e. The summed E-state index contributed by atoms with van der Waals surface area (Å²) in [4.78, 5) is 0. The number of hydrogen-bond donors (Lipinski definition) is 3. The summed E-state index contributed by atoms with van der Waals surface area (Å²) in [5, 5.41) is 17.2. The maximum Gasteiger partial charge on any atom is 0.203 e. The van der Waals surface area contributed by atoms with Gasteiger partial charge in [-0.3, -0.25) is 0 Å². The van der Waals surface area contributed by atoms with Crippen molar-refractivity contribution < 1.29 is 28.8 Å². The highest BCUT2D eigenvalue weighted by Crippen LogP contribution is 2.37. The number of aliphatic hydroxyl groups excluding tert-OH is 1. The van der Waals surface area contributed by atoms with Crippen molar-refractivity contribution in [3.8, 4) is 28.7 Å². The number of aliphatic hydroxyl groups is 1. The van der Waals surface area contributed by atoms with Crippen LogP contribution in [0.3, 0.4) is 0 Å². The number of benzene rings is 2. The van der Waals surface area contributed by atoms with Gasteiger partial charge >= 0.3 is 0 Å². The van der Waals surface area contributed by atoms with E-state index in [0.29, 0.717) is 62.3 Å². The van der Waals surface area contributed by atoms with Gasteiger partial charge in [-0.2, -0.15) is 0 Å². The highest BCUT2D eigenvalue weighted by Gasteiger charge is 2.24. The van der Waals surface area contributed by atoms with E-state index >= 15 is 0 Å². The van der Waals surface area contributed by atoms with Gasteiger partial charge in [0.1, 0.15) is 19.3 Å². The molecule has 0 amide bonds. The number of ether oxygens (including phenoxy) is 5. The summed E-state index contributed by atoms with van der Waals surface area (Å²) in [7, 11) is 3.21. The predicted octanol–water partition coefficient (Wildman–Crippen LogP) is 2.80. The van der Waals surface area contributed by atoms with E-state index in [1.807, 2.05) is 36.4 Å². The number of hydrogen-bond acceptors (Lipinski definition) is 8. The molecule has 0 aliphatic carbocycles. The van der Waals surface area contributed by atoms with Gasteiger partial charge in [0.25, 0.3) is 0 Å². The minimum absolute atomic E-state index is 0.0477. The molecule has 3 N–H and O–H groups in total. The molecule has 0 radical (unpaired) electrons. The average Bonchev–Trinajstić information content (AvgIpc) is 2.82. The van der Waals surface area contributed by atoms with E-state index < -0.39 is 6.10 Å². The zero-order valence-electron chi connectivity index (χ0n) is 20.8. The van der Waals surface area contributed by atoms with Crippen molar-refractivity contribution in [2.75, 3.05) is 47.1 Å². The molecule has 2 atom stereocenters. The van der Waals surface area contributed by atoms with Gasteiger partial charge in [-0.05, 0) is 39.0 Å². The lowest BCUT2D eigenvalue weighted by Crippen LogP contribution is -2.42. The molecule has 1 aliphatic heterocycles. The molecule has 2 unspecified atom stereocenters. The van der Waals surface area contributed by atoms with E-state index in [4.69, 9.17) is 23.7 Å². The van der Waals surface area contributed by atoms with Crippen LogP contribution in [-0.4, -0.2) is 69.9 Å². The fraction of sp³-hybridized carbons (Fsp3) is 0.538. The van der Waals surface area contributed by atoms with Crippen LogP contribution in [0, 0.1) is 0 Å². The fourth-order valence-corrected chi connectivity index (χ4v) is 3.65. The van der Waals surface area contributed by atoms with Crippen LogP contribution in [0.1, 0.15) is 26.3 Å². The Balaban J connectivity index is 1.48. The lowest BCUT2D eigenvalue weighted by Gasteiger charge is -2.29. The predicted molar refractivity (Wildman–Crippen MR) is 132 cm³/mol. The highest BCUT2D eigenvalue weighted by atomic mass is 16.6. The van der Waals surface area contributed by atoms with Crippen LogP contribution in [0.25, 0.3) is 0 Å². The monoisotopic (exact) mass is 474 g/mol. The van der Waals surface area contributed by atoms with Crippen molar-refractivity contribution in [1.82, 2.24) is 10.6 Å². The van der Waals surface area contributed by atoms with Crippen molar-refractivity contribution in [3.05, 3.63) is 42.0 Å². The molecule has 34 heavy (non-hydrogen) atoms. The summed E-state index contributed by atoms with van der Waals surface area (Å²) in [5.74, 6) is 3.28. The second-order valence-corrected chi connectivity index (χ2v) is 9.33. The molecule has 2 aromatic rings. The molecule has 1 aliphatic rings. The number of fused-ring (bicyclic) bond motifs is 1. The molecule has 188 valence electrons. The average molecular weight is 475 g/mol. The van der Waals surface area contributed by atoms with E-state index in [1.54, 1.807) is 14.2 Å². The maximum absolute atomic E-state index is 10.5. The summed E-state index contributed by atoms with van der Waals surface area (Å²) in [5.41, 5.74) is 0.894. The Kier molecular flexibility index (Phi) is 9.27. The second-order valence-electron chi connectivity index (χ2n) is 9.33. The Bertz CT molecular complexity index is 892. The van der Waals surface area contributed by atoms with Crippen molar-refractivity contribution in [3.63, 3.8) is 0 Å². The zero-order chi connectivity index (χ0) is 24.6. The van der Waals surface area contributed by atoms with Crippen LogP contribution in [0.15, 0.2) is 36.4 Å². The summed E-state index contributed by atoms with van der Waals surface area (Å²) in [6.45, 7) is 8.87. The molecule has 0 spiro atoms. The summed E-state index contributed by atoms with van der Waals surface area (Å²) in [6.07, 6.45) is -0.166. The van der Waals surface area contributed by atoms with Gasteiger partial charge in [0, 0.05) is 37.2 Å².